The molecule has 0 spiro atoms. The first-order chi connectivity index (χ1) is 25.3. The summed E-state index contributed by atoms with van der Waals surface area (Å²) < 4.78 is 6.15. The summed E-state index contributed by atoms with van der Waals surface area (Å²) in [5.41, 5.74) is 11.3. The van der Waals surface area contributed by atoms with Gasteiger partial charge in [-0.25, -0.2) is 9.97 Å². The van der Waals surface area contributed by atoms with Gasteiger partial charge in [0.1, 0.15) is 11.2 Å². The van der Waals surface area contributed by atoms with Crippen LogP contribution in [-0.2, 0) is 0 Å². The van der Waals surface area contributed by atoms with Crippen molar-refractivity contribution in [2.45, 2.75) is 0 Å². The van der Waals surface area contributed by atoms with E-state index in [-0.39, 0.29) is 0 Å². The lowest BCUT2D eigenvalue weighted by atomic mass is 9.90. The molecule has 3 heteroatoms. The fourth-order valence-electron chi connectivity index (χ4n) is 7.50. The van der Waals surface area contributed by atoms with E-state index in [1.165, 1.54) is 16.3 Å². The molecule has 0 fully saturated rings. The fraction of sp³-hybridized carbons (Fsp3) is 0. The summed E-state index contributed by atoms with van der Waals surface area (Å²) in [6, 6.07) is 63.9. The number of rotatable bonds is 5. The summed E-state index contributed by atoms with van der Waals surface area (Å²) in [6.45, 7) is 0. The molecule has 51 heavy (non-hydrogen) atoms. The van der Waals surface area contributed by atoms with Crippen LogP contribution in [0.2, 0.25) is 0 Å². The second-order valence-corrected chi connectivity index (χ2v) is 12.9. The highest BCUT2D eigenvalue weighted by Crippen LogP contribution is 2.42. The molecule has 0 aliphatic heterocycles. The van der Waals surface area contributed by atoms with Crippen LogP contribution in [-0.4, -0.2) is 9.97 Å². The molecule has 0 aliphatic carbocycles. The zero-order valence-corrected chi connectivity index (χ0v) is 27.6. The maximum Gasteiger partial charge on any atom is 0.160 e. The van der Waals surface area contributed by atoms with Crippen molar-refractivity contribution in [1.82, 2.24) is 9.97 Å². The molecule has 0 radical (unpaired) electrons. The lowest BCUT2D eigenvalue weighted by Gasteiger charge is -2.17. The standard InChI is InChI=1S/C48H30N2O/c1-3-13-31(14-4-1)37-25-23-32-15-7-8-18-36(32)47(37)44-30-43(49-48(50-44)33-16-5-2-6-17-33)40-27-26-35(38-19-9-10-20-39(38)40)34-24-28-46-42(29-34)41-21-11-12-22-45(41)51-46/h1-30H. The second-order valence-electron chi connectivity index (χ2n) is 12.9. The topological polar surface area (TPSA) is 38.9 Å². The van der Waals surface area contributed by atoms with E-state index in [2.05, 4.69) is 152 Å². The first-order valence-electron chi connectivity index (χ1n) is 17.2. The van der Waals surface area contributed by atoms with Gasteiger partial charge in [0.15, 0.2) is 5.82 Å². The van der Waals surface area contributed by atoms with E-state index >= 15 is 0 Å². The molecule has 3 nitrogen and oxygen atoms in total. The normalized spacial score (nSPS) is 11.5. The number of furan rings is 1. The van der Waals surface area contributed by atoms with E-state index in [0.29, 0.717) is 5.82 Å². The number of fused-ring (bicyclic) bond motifs is 5. The highest BCUT2D eigenvalue weighted by molar-refractivity contribution is 6.10. The van der Waals surface area contributed by atoms with E-state index in [1.807, 2.05) is 30.3 Å². The number of para-hydroxylation sites is 1. The number of hydrogen-bond acceptors (Lipinski definition) is 3. The van der Waals surface area contributed by atoms with E-state index in [9.17, 15) is 0 Å². The van der Waals surface area contributed by atoms with E-state index in [0.717, 1.165) is 77.5 Å². The molecule has 0 unspecified atom stereocenters. The van der Waals surface area contributed by atoms with Crippen LogP contribution in [0.25, 0.3) is 99.6 Å². The average Bonchev–Trinajstić information content (AvgIpc) is 3.58. The zero-order chi connectivity index (χ0) is 33.7. The van der Waals surface area contributed by atoms with Gasteiger partial charge >= 0.3 is 0 Å². The third-order valence-electron chi connectivity index (χ3n) is 9.92. The van der Waals surface area contributed by atoms with Crippen molar-refractivity contribution in [2.24, 2.45) is 0 Å². The largest absolute Gasteiger partial charge is 0.456 e. The molecule has 0 bridgehead atoms. The van der Waals surface area contributed by atoms with Crippen LogP contribution in [0.15, 0.2) is 186 Å². The molecule has 10 aromatic rings. The van der Waals surface area contributed by atoms with Crippen LogP contribution >= 0.6 is 0 Å². The molecule has 0 N–H and O–H groups in total. The van der Waals surface area contributed by atoms with Gasteiger partial charge in [-0.2, -0.15) is 0 Å². The van der Waals surface area contributed by atoms with Gasteiger partial charge in [0.2, 0.25) is 0 Å². The van der Waals surface area contributed by atoms with E-state index in [4.69, 9.17) is 14.4 Å². The molecule has 238 valence electrons. The smallest absolute Gasteiger partial charge is 0.160 e. The summed E-state index contributed by atoms with van der Waals surface area (Å²) in [6.07, 6.45) is 0. The first kappa shape index (κ1) is 29.1. The Morgan fingerprint density at radius 1 is 0.333 bits per heavy atom. The molecule has 2 heterocycles. The lowest BCUT2D eigenvalue weighted by Crippen LogP contribution is -1.98. The van der Waals surface area contributed by atoms with Crippen LogP contribution in [0, 0.1) is 0 Å². The molecule has 8 aromatic carbocycles. The highest BCUT2D eigenvalue weighted by Gasteiger charge is 2.19. The van der Waals surface area contributed by atoms with Crippen molar-refractivity contribution in [3.05, 3.63) is 182 Å². The van der Waals surface area contributed by atoms with Crippen LogP contribution < -0.4 is 0 Å². The molecular formula is C48H30N2O. The van der Waals surface area contributed by atoms with Gasteiger partial charge in [0, 0.05) is 27.5 Å². The predicted octanol–water partition coefficient (Wildman–Crippen LogP) is 13.0. The van der Waals surface area contributed by atoms with Crippen molar-refractivity contribution in [3.63, 3.8) is 0 Å². The Kier molecular flexibility index (Phi) is 6.81. The minimum absolute atomic E-state index is 0.695. The number of aromatic nitrogens is 2. The maximum atomic E-state index is 6.15. The molecule has 10 rings (SSSR count). The van der Waals surface area contributed by atoms with Crippen molar-refractivity contribution in [2.75, 3.05) is 0 Å². The predicted molar refractivity (Wildman–Crippen MR) is 212 cm³/mol. The number of nitrogens with zero attached hydrogens (tertiary/aromatic N) is 2. The van der Waals surface area contributed by atoms with Crippen molar-refractivity contribution in [1.29, 1.82) is 0 Å². The average molecular weight is 651 g/mol. The Bertz CT molecular complexity index is 2910. The highest BCUT2D eigenvalue weighted by atomic mass is 16.3. The molecule has 0 saturated heterocycles. The number of benzene rings is 8. The second kappa shape index (κ2) is 11.9. The SMILES string of the molecule is c1ccc(-c2nc(-c3c(-c4ccccc4)ccc4ccccc34)cc(-c3ccc(-c4ccc5oc6ccccc6c5c4)c4ccccc34)n2)cc1. The lowest BCUT2D eigenvalue weighted by molar-refractivity contribution is 0.669. The number of hydrogen-bond donors (Lipinski definition) is 0. The fourth-order valence-corrected chi connectivity index (χ4v) is 7.50. The van der Waals surface area contributed by atoms with Gasteiger partial charge < -0.3 is 4.42 Å². The van der Waals surface area contributed by atoms with Crippen LogP contribution in [0.3, 0.4) is 0 Å². The van der Waals surface area contributed by atoms with Gasteiger partial charge in [-0.3, -0.25) is 0 Å². The minimum atomic E-state index is 0.695. The summed E-state index contributed by atoms with van der Waals surface area (Å²) >= 11 is 0. The molecule has 0 saturated carbocycles. The minimum Gasteiger partial charge on any atom is -0.456 e. The van der Waals surface area contributed by atoms with Crippen LogP contribution in [0.1, 0.15) is 0 Å². The van der Waals surface area contributed by atoms with Crippen molar-refractivity contribution in [3.8, 4) is 56.2 Å². The van der Waals surface area contributed by atoms with Gasteiger partial charge in [0.25, 0.3) is 0 Å². The summed E-state index contributed by atoms with van der Waals surface area (Å²) in [5.74, 6) is 0.695. The van der Waals surface area contributed by atoms with Crippen LogP contribution in [0.4, 0.5) is 0 Å². The molecule has 0 amide bonds. The zero-order valence-electron chi connectivity index (χ0n) is 27.6. The third kappa shape index (κ3) is 4.98. The van der Waals surface area contributed by atoms with Gasteiger partial charge in [0.05, 0.1) is 11.4 Å². The van der Waals surface area contributed by atoms with Crippen LogP contribution in [0.5, 0.6) is 0 Å². The molecule has 0 aliphatic rings. The monoisotopic (exact) mass is 650 g/mol. The van der Waals surface area contributed by atoms with E-state index < -0.39 is 0 Å². The van der Waals surface area contributed by atoms with Gasteiger partial charge in [-0.1, -0.05) is 158 Å². The Morgan fingerprint density at radius 2 is 0.922 bits per heavy atom. The summed E-state index contributed by atoms with van der Waals surface area (Å²) in [7, 11) is 0. The molecule has 0 atom stereocenters. The molecular weight excluding hydrogens is 621 g/mol. The third-order valence-corrected chi connectivity index (χ3v) is 9.92. The first-order valence-corrected chi connectivity index (χ1v) is 17.2. The van der Waals surface area contributed by atoms with Crippen molar-refractivity contribution >= 4 is 43.5 Å². The summed E-state index contributed by atoms with van der Waals surface area (Å²) in [4.78, 5) is 10.6. The summed E-state index contributed by atoms with van der Waals surface area (Å²) in [5, 5.41) is 6.88. The Morgan fingerprint density at radius 3 is 1.73 bits per heavy atom. The Labute approximate surface area is 295 Å². The molecule has 2 aromatic heterocycles. The van der Waals surface area contributed by atoms with Crippen molar-refractivity contribution < 1.29 is 4.42 Å². The van der Waals surface area contributed by atoms with E-state index in [1.54, 1.807) is 0 Å². The Balaban J connectivity index is 1.22. The van der Waals surface area contributed by atoms with Gasteiger partial charge in [-0.15, -0.1) is 0 Å². The Hall–Kier alpha value is -6.84. The quantitative estimate of drug-likeness (QED) is 0.186. The van der Waals surface area contributed by atoms with Gasteiger partial charge in [-0.05, 0) is 68.1 Å². The maximum absolute atomic E-state index is 6.15.